The first-order valence-corrected chi connectivity index (χ1v) is 7.22. The summed E-state index contributed by atoms with van der Waals surface area (Å²) in [7, 11) is -1.74. The van der Waals surface area contributed by atoms with Crippen molar-refractivity contribution in [3.63, 3.8) is 0 Å². The highest BCUT2D eigenvalue weighted by Gasteiger charge is 2.48. The van der Waals surface area contributed by atoms with Gasteiger partial charge in [-0.15, -0.1) is 13.2 Å². The number of benzene rings is 1. The van der Waals surface area contributed by atoms with E-state index in [1.807, 2.05) is 32.9 Å². The lowest BCUT2D eigenvalue weighted by Gasteiger charge is -2.02. The Morgan fingerprint density at radius 1 is 1.16 bits per heavy atom. The number of fused-ring (bicyclic) bond motifs is 1. The van der Waals surface area contributed by atoms with Crippen molar-refractivity contribution >= 4 is 20.6 Å². The van der Waals surface area contributed by atoms with Crippen LogP contribution in [0.3, 0.4) is 0 Å². The lowest BCUT2D eigenvalue weighted by molar-refractivity contribution is -0.0868. The van der Waals surface area contributed by atoms with Crippen LogP contribution in [0, 0.1) is 0 Å². The van der Waals surface area contributed by atoms with Gasteiger partial charge in [-0.1, -0.05) is 26.8 Å². The lowest BCUT2D eigenvalue weighted by Crippen LogP contribution is -3.00. The minimum absolute atomic E-state index is 0. The molecule has 0 amide bonds. The molecular formula is C14H16ClF3S. The summed E-state index contributed by atoms with van der Waals surface area (Å²) in [5, 5.41) is 0.749. The van der Waals surface area contributed by atoms with Gasteiger partial charge < -0.3 is 12.4 Å². The van der Waals surface area contributed by atoms with Crippen molar-refractivity contribution in [2.75, 3.05) is 0 Å². The van der Waals surface area contributed by atoms with Gasteiger partial charge in [0, 0.05) is 17.4 Å². The van der Waals surface area contributed by atoms with Crippen LogP contribution < -0.4 is 12.4 Å². The van der Waals surface area contributed by atoms with Crippen LogP contribution in [0.1, 0.15) is 37.1 Å². The van der Waals surface area contributed by atoms with Gasteiger partial charge >= 0.3 is 5.51 Å². The molecule has 0 saturated heterocycles. The van der Waals surface area contributed by atoms with Gasteiger partial charge in [-0.05, 0) is 24.1 Å². The Morgan fingerprint density at radius 2 is 1.79 bits per heavy atom. The number of aryl methyl sites for hydroxylation is 1. The van der Waals surface area contributed by atoms with Crippen molar-refractivity contribution in [2.24, 2.45) is 0 Å². The molecule has 2 rings (SSSR count). The summed E-state index contributed by atoms with van der Waals surface area (Å²) in [6, 6.07) is 7.07. The molecule has 1 unspecified atom stereocenters. The molecule has 106 valence electrons. The van der Waals surface area contributed by atoms with E-state index in [1.54, 1.807) is 12.1 Å². The molecule has 1 heterocycles. The summed E-state index contributed by atoms with van der Waals surface area (Å²) >= 11 is 0. The molecule has 0 N–H and O–H groups in total. The molecule has 5 heteroatoms. The molecule has 1 aromatic carbocycles. The Bertz CT molecular complexity index is 570. The second-order valence-electron chi connectivity index (χ2n) is 4.68. The van der Waals surface area contributed by atoms with Gasteiger partial charge in [-0.3, -0.25) is 0 Å². The Hall–Kier alpha value is -0.740. The van der Waals surface area contributed by atoms with E-state index in [2.05, 4.69) is 0 Å². The number of alkyl halides is 3. The van der Waals surface area contributed by atoms with Gasteiger partial charge in [0.05, 0.1) is 10.5 Å². The fraction of sp³-hybridized carbons (Fsp3) is 0.429. The largest absolute Gasteiger partial charge is 1.00 e. The molecule has 0 aliphatic carbocycles. The molecule has 0 radical (unpaired) electrons. The second kappa shape index (κ2) is 5.71. The standard InChI is InChI=1S/C14H16F3S.ClH/c1-4-10-5-6-12-11(7-10)8-13(9(2)3)18(12)14(15,16)17;/h5-9H,4H2,1-3H3;1H/q+1;/p-1. The smallest absolute Gasteiger partial charge is 0.600 e. The number of hydrogen-bond acceptors (Lipinski definition) is 0. The van der Waals surface area contributed by atoms with Gasteiger partial charge in [-0.25, -0.2) is 0 Å². The maximum Gasteiger partial charge on any atom is 0.600 e. The molecule has 0 aliphatic heterocycles. The molecule has 1 aromatic heterocycles. The van der Waals surface area contributed by atoms with Gasteiger partial charge in [0.2, 0.25) is 0 Å². The molecule has 1 atom stereocenters. The van der Waals surface area contributed by atoms with Crippen LogP contribution in [0.2, 0.25) is 0 Å². The third-order valence-corrected chi connectivity index (χ3v) is 5.37. The zero-order valence-electron chi connectivity index (χ0n) is 11.0. The quantitative estimate of drug-likeness (QED) is 0.749. The number of halogens is 4. The van der Waals surface area contributed by atoms with E-state index in [1.165, 1.54) is 0 Å². The van der Waals surface area contributed by atoms with Crippen molar-refractivity contribution in [3.8, 4) is 0 Å². The molecule has 0 spiro atoms. The zero-order chi connectivity index (χ0) is 13.5. The van der Waals surface area contributed by atoms with E-state index < -0.39 is 16.0 Å². The van der Waals surface area contributed by atoms with Crippen molar-refractivity contribution in [1.29, 1.82) is 0 Å². The fourth-order valence-corrected chi connectivity index (χ4v) is 4.16. The Labute approximate surface area is 120 Å². The Kier molecular flexibility index (Phi) is 4.91. The summed E-state index contributed by atoms with van der Waals surface area (Å²) in [6.45, 7) is 5.65. The number of thiophene rings is 1. The molecule has 0 bridgehead atoms. The molecule has 0 nitrogen and oxygen atoms in total. The number of hydrogen-bond donors (Lipinski definition) is 0. The lowest BCUT2D eigenvalue weighted by atomic mass is 10.1. The van der Waals surface area contributed by atoms with E-state index in [0.29, 0.717) is 9.58 Å². The summed E-state index contributed by atoms with van der Waals surface area (Å²) in [5.41, 5.74) is -3.09. The Balaban J connectivity index is 0.00000180. The molecule has 0 aliphatic rings. The van der Waals surface area contributed by atoms with E-state index in [4.69, 9.17) is 0 Å². The van der Waals surface area contributed by atoms with Gasteiger partial charge in [0.25, 0.3) is 0 Å². The summed E-state index contributed by atoms with van der Waals surface area (Å²) in [6.07, 6.45) is 0.845. The van der Waals surface area contributed by atoms with E-state index in [-0.39, 0.29) is 18.3 Å². The monoisotopic (exact) mass is 308 g/mol. The topological polar surface area (TPSA) is 0 Å². The van der Waals surface area contributed by atoms with Gasteiger partial charge in [0.15, 0.2) is 9.58 Å². The predicted molar refractivity (Wildman–Crippen MR) is 71.2 cm³/mol. The van der Waals surface area contributed by atoms with Gasteiger partial charge in [-0.2, -0.15) is 0 Å². The highest BCUT2D eigenvalue weighted by atomic mass is 35.5. The van der Waals surface area contributed by atoms with E-state index in [0.717, 1.165) is 17.4 Å². The van der Waals surface area contributed by atoms with Crippen molar-refractivity contribution < 1.29 is 25.6 Å². The fourth-order valence-electron chi connectivity index (χ4n) is 2.12. The van der Waals surface area contributed by atoms with Gasteiger partial charge in [0.1, 0.15) is 0 Å². The first-order chi connectivity index (χ1) is 8.34. The normalized spacial score (nSPS) is 12.9. The summed E-state index contributed by atoms with van der Waals surface area (Å²) in [5.74, 6) is -0.0764. The summed E-state index contributed by atoms with van der Waals surface area (Å²) in [4.78, 5) is 0.505. The van der Waals surface area contributed by atoms with Crippen LogP contribution in [0.15, 0.2) is 24.3 Å². The van der Waals surface area contributed by atoms with E-state index in [9.17, 15) is 13.2 Å². The highest BCUT2D eigenvalue weighted by molar-refractivity contribution is 7.38. The zero-order valence-corrected chi connectivity index (χ0v) is 12.6. The minimum atomic E-state index is -4.17. The summed E-state index contributed by atoms with van der Waals surface area (Å²) < 4.78 is 40.0. The third-order valence-electron chi connectivity index (χ3n) is 3.04. The first-order valence-electron chi connectivity index (χ1n) is 6.00. The second-order valence-corrected chi connectivity index (χ2v) is 6.67. The molecule has 0 fully saturated rings. The Morgan fingerprint density at radius 3 is 2.26 bits per heavy atom. The molecular weight excluding hydrogens is 293 g/mol. The molecule has 0 saturated carbocycles. The van der Waals surface area contributed by atoms with Crippen LogP contribution in [-0.2, 0) is 11.9 Å². The number of rotatable bonds is 2. The molecule has 19 heavy (non-hydrogen) atoms. The first kappa shape index (κ1) is 16.3. The van der Waals surface area contributed by atoms with Crippen LogP contribution >= 0.6 is 10.5 Å². The predicted octanol–water partition coefficient (Wildman–Crippen LogP) is 2.76. The average molecular weight is 309 g/mol. The third kappa shape index (κ3) is 3.06. The van der Waals surface area contributed by atoms with Crippen LogP contribution in [0.4, 0.5) is 13.2 Å². The SMILES string of the molecule is CCc1ccc2c(c1)cc(C(C)C)[s+]2C(F)(F)F.[Cl-]. The highest BCUT2D eigenvalue weighted by Crippen LogP contribution is 2.52. The van der Waals surface area contributed by atoms with Crippen molar-refractivity contribution in [1.82, 2.24) is 0 Å². The maximum atomic E-state index is 13.2. The van der Waals surface area contributed by atoms with Crippen LogP contribution in [0.5, 0.6) is 0 Å². The van der Waals surface area contributed by atoms with Crippen LogP contribution in [-0.4, -0.2) is 0 Å². The average Bonchev–Trinajstić information content (AvgIpc) is 2.66. The molecule has 2 aromatic rings. The van der Waals surface area contributed by atoms with Crippen molar-refractivity contribution in [2.45, 2.75) is 38.6 Å². The minimum Gasteiger partial charge on any atom is -1.00 e. The van der Waals surface area contributed by atoms with Crippen molar-refractivity contribution in [3.05, 3.63) is 34.7 Å². The maximum absolute atomic E-state index is 13.2. The van der Waals surface area contributed by atoms with Crippen LogP contribution in [0.25, 0.3) is 10.1 Å². The van der Waals surface area contributed by atoms with E-state index >= 15 is 0 Å².